The molecule has 0 atom stereocenters. The standard InChI is InChI=1S/C18H32O2/c1-2-3-4-5-6-7-8-9-10-11-12-13-14-15-16-17-18(19)20/h7-10H,2-6,11-17H2,1H3,(H,19,20)/b8-7+,10-9-. The van der Waals surface area contributed by atoms with E-state index >= 15 is 0 Å². The Kier molecular flexibility index (Phi) is 15.2. The van der Waals surface area contributed by atoms with E-state index in [1.54, 1.807) is 0 Å². The molecule has 0 aromatic carbocycles. The van der Waals surface area contributed by atoms with Crippen LogP contribution >= 0.6 is 0 Å². The molecule has 0 fully saturated rings. The lowest BCUT2D eigenvalue weighted by Gasteiger charge is -1.97. The van der Waals surface area contributed by atoms with E-state index in [-0.39, 0.29) is 0 Å². The molecular weight excluding hydrogens is 248 g/mol. The minimum Gasteiger partial charge on any atom is -0.481 e. The molecule has 0 aliphatic heterocycles. The average molecular weight is 280 g/mol. The highest BCUT2D eigenvalue weighted by Gasteiger charge is 1.95. The average Bonchev–Trinajstić information content (AvgIpc) is 2.43. The molecule has 0 saturated carbocycles. The number of carboxylic acids is 1. The highest BCUT2D eigenvalue weighted by atomic mass is 16.4. The van der Waals surface area contributed by atoms with Gasteiger partial charge in [-0.05, 0) is 32.1 Å². The lowest BCUT2D eigenvalue weighted by molar-refractivity contribution is -0.137. The number of aliphatic carboxylic acids is 1. The van der Waals surface area contributed by atoms with Crippen molar-refractivity contribution in [2.24, 2.45) is 0 Å². The summed E-state index contributed by atoms with van der Waals surface area (Å²) in [6.45, 7) is 2.24. The molecule has 0 bridgehead atoms. The third-order valence-corrected chi connectivity index (χ3v) is 3.37. The van der Waals surface area contributed by atoms with Gasteiger partial charge in [-0.15, -0.1) is 0 Å². The fourth-order valence-corrected chi connectivity index (χ4v) is 2.11. The van der Waals surface area contributed by atoms with E-state index in [1.807, 2.05) is 0 Å². The fourth-order valence-electron chi connectivity index (χ4n) is 2.11. The van der Waals surface area contributed by atoms with Gasteiger partial charge in [0.1, 0.15) is 0 Å². The summed E-state index contributed by atoms with van der Waals surface area (Å²) in [7, 11) is 0. The number of hydrogen-bond acceptors (Lipinski definition) is 1. The van der Waals surface area contributed by atoms with Gasteiger partial charge in [0.25, 0.3) is 0 Å². The van der Waals surface area contributed by atoms with Crippen LogP contribution in [-0.2, 0) is 4.79 Å². The number of carbonyl (C=O) groups is 1. The van der Waals surface area contributed by atoms with Gasteiger partial charge in [0.15, 0.2) is 0 Å². The van der Waals surface area contributed by atoms with Gasteiger partial charge in [0.2, 0.25) is 0 Å². The van der Waals surface area contributed by atoms with Gasteiger partial charge in [-0.2, -0.15) is 0 Å². The van der Waals surface area contributed by atoms with Crippen molar-refractivity contribution in [3.8, 4) is 0 Å². The molecule has 0 unspecified atom stereocenters. The molecule has 0 aromatic rings. The third kappa shape index (κ3) is 16.9. The third-order valence-electron chi connectivity index (χ3n) is 3.37. The Morgan fingerprint density at radius 2 is 1.30 bits per heavy atom. The van der Waals surface area contributed by atoms with Crippen molar-refractivity contribution >= 4 is 5.97 Å². The maximum absolute atomic E-state index is 10.3. The molecule has 1 N–H and O–H groups in total. The first kappa shape index (κ1) is 18.9. The van der Waals surface area contributed by atoms with Gasteiger partial charge in [0, 0.05) is 6.42 Å². The summed E-state index contributed by atoms with van der Waals surface area (Å²) in [6.07, 6.45) is 22.3. The summed E-state index contributed by atoms with van der Waals surface area (Å²) < 4.78 is 0. The second-order valence-corrected chi connectivity index (χ2v) is 5.41. The zero-order valence-corrected chi connectivity index (χ0v) is 13.2. The molecule has 2 heteroatoms. The van der Waals surface area contributed by atoms with Gasteiger partial charge in [0.05, 0.1) is 0 Å². The van der Waals surface area contributed by atoms with E-state index in [1.165, 1.54) is 44.9 Å². The van der Waals surface area contributed by atoms with E-state index in [0.717, 1.165) is 25.7 Å². The van der Waals surface area contributed by atoms with Crippen LogP contribution in [0.3, 0.4) is 0 Å². The maximum atomic E-state index is 10.3. The van der Waals surface area contributed by atoms with E-state index in [4.69, 9.17) is 5.11 Å². The second-order valence-electron chi connectivity index (χ2n) is 5.41. The quantitative estimate of drug-likeness (QED) is 0.318. The van der Waals surface area contributed by atoms with Crippen LogP contribution in [0.2, 0.25) is 0 Å². The molecule has 20 heavy (non-hydrogen) atoms. The summed E-state index contributed by atoms with van der Waals surface area (Å²) in [5.74, 6) is -0.672. The molecule has 0 heterocycles. The molecule has 0 radical (unpaired) electrons. The molecule has 0 saturated heterocycles. The number of hydrogen-bond donors (Lipinski definition) is 1. The van der Waals surface area contributed by atoms with Gasteiger partial charge in [-0.3, -0.25) is 4.79 Å². The summed E-state index contributed by atoms with van der Waals surface area (Å²) in [5.41, 5.74) is 0. The van der Waals surface area contributed by atoms with Crippen molar-refractivity contribution in [1.82, 2.24) is 0 Å². The summed E-state index contributed by atoms with van der Waals surface area (Å²) in [5, 5.41) is 8.50. The van der Waals surface area contributed by atoms with E-state index < -0.39 is 5.97 Å². The normalized spacial score (nSPS) is 11.7. The van der Waals surface area contributed by atoms with Gasteiger partial charge in [-0.1, -0.05) is 69.8 Å². The summed E-state index contributed by atoms with van der Waals surface area (Å²) in [6, 6.07) is 0. The Hall–Kier alpha value is -1.05. The van der Waals surface area contributed by atoms with Crippen LogP contribution in [0, 0.1) is 0 Å². The number of carboxylic acid groups (broad SMARTS) is 1. The molecule has 0 spiro atoms. The van der Waals surface area contributed by atoms with E-state index in [0.29, 0.717) is 6.42 Å². The molecule has 0 amide bonds. The molecule has 0 aromatic heterocycles. The highest BCUT2D eigenvalue weighted by Crippen LogP contribution is 2.07. The zero-order valence-electron chi connectivity index (χ0n) is 13.2. The predicted molar refractivity (Wildman–Crippen MR) is 87.0 cm³/mol. The van der Waals surface area contributed by atoms with Crippen molar-refractivity contribution in [2.75, 3.05) is 0 Å². The van der Waals surface area contributed by atoms with Crippen LogP contribution in [-0.4, -0.2) is 11.1 Å². The molecular formula is C18H32O2. The highest BCUT2D eigenvalue weighted by molar-refractivity contribution is 5.66. The minimum atomic E-state index is -0.672. The Bertz CT molecular complexity index is 267. The smallest absolute Gasteiger partial charge is 0.303 e. The van der Waals surface area contributed by atoms with Crippen molar-refractivity contribution < 1.29 is 9.90 Å². The lowest BCUT2D eigenvalue weighted by atomic mass is 10.1. The Balaban J connectivity index is 3.19. The number of allylic oxidation sites excluding steroid dienone is 4. The molecule has 116 valence electrons. The molecule has 2 nitrogen and oxygen atoms in total. The summed E-state index contributed by atoms with van der Waals surface area (Å²) in [4.78, 5) is 10.3. The monoisotopic (exact) mass is 280 g/mol. The molecule has 0 aliphatic carbocycles. The topological polar surface area (TPSA) is 37.3 Å². The zero-order chi connectivity index (χ0) is 14.9. The Morgan fingerprint density at radius 3 is 1.85 bits per heavy atom. The van der Waals surface area contributed by atoms with Crippen LogP contribution in [0.15, 0.2) is 24.3 Å². The van der Waals surface area contributed by atoms with Gasteiger partial charge < -0.3 is 5.11 Å². The van der Waals surface area contributed by atoms with Crippen molar-refractivity contribution in [3.63, 3.8) is 0 Å². The largest absolute Gasteiger partial charge is 0.481 e. The van der Waals surface area contributed by atoms with E-state index in [2.05, 4.69) is 31.2 Å². The van der Waals surface area contributed by atoms with Crippen molar-refractivity contribution in [2.45, 2.75) is 84.0 Å². The Labute approximate surface area is 125 Å². The Morgan fingerprint density at radius 1 is 0.800 bits per heavy atom. The van der Waals surface area contributed by atoms with E-state index in [9.17, 15) is 4.79 Å². The number of unbranched alkanes of at least 4 members (excludes halogenated alkanes) is 9. The fraction of sp³-hybridized carbons (Fsp3) is 0.722. The van der Waals surface area contributed by atoms with Crippen LogP contribution in [0.4, 0.5) is 0 Å². The minimum absolute atomic E-state index is 0.322. The van der Waals surface area contributed by atoms with Crippen molar-refractivity contribution in [3.05, 3.63) is 24.3 Å². The lowest BCUT2D eigenvalue weighted by Crippen LogP contribution is -1.93. The van der Waals surface area contributed by atoms with Crippen LogP contribution in [0.1, 0.15) is 84.0 Å². The first-order valence-electron chi connectivity index (χ1n) is 8.30. The maximum Gasteiger partial charge on any atom is 0.303 e. The van der Waals surface area contributed by atoms with Crippen molar-refractivity contribution in [1.29, 1.82) is 0 Å². The first-order chi connectivity index (χ1) is 9.77. The van der Waals surface area contributed by atoms with Crippen LogP contribution in [0.5, 0.6) is 0 Å². The van der Waals surface area contributed by atoms with Gasteiger partial charge in [-0.25, -0.2) is 0 Å². The van der Waals surface area contributed by atoms with Gasteiger partial charge >= 0.3 is 5.97 Å². The van der Waals surface area contributed by atoms with Crippen LogP contribution < -0.4 is 0 Å². The molecule has 0 aliphatic rings. The predicted octanol–water partition coefficient (Wildman–Crippen LogP) is 5.88. The second kappa shape index (κ2) is 16.0. The molecule has 0 rings (SSSR count). The SMILES string of the molecule is CCCCCC/C=C/C=C\CCCCCCCC(=O)O. The number of rotatable bonds is 14. The first-order valence-corrected chi connectivity index (χ1v) is 8.30. The summed E-state index contributed by atoms with van der Waals surface area (Å²) >= 11 is 0. The van der Waals surface area contributed by atoms with Crippen LogP contribution in [0.25, 0.3) is 0 Å².